The van der Waals surface area contributed by atoms with E-state index in [4.69, 9.17) is 5.84 Å². The molecule has 6 heteroatoms. The number of benzene rings is 1. The molecule has 4 N–H and O–H groups in total. The summed E-state index contributed by atoms with van der Waals surface area (Å²) in [6.07, 6.45) is 0. The molecule has 0 radical (unpaired) electrons. The van der Waals surface area contributed by atoms with Crippen LogP contribution in [-0.4, -0.2) is 24.5 Å². The molecular formula is C12H17N5O. The molecule has 1 amide bonds. The van der Waals surface area contributed by atoms with Crippen molar-refractivity contribution >= 4 is 23.2 Å². The molecule has 0 saturated carbocycles. The van der Waals surface area contributed by atoms with Gasteiger partial charge in [0.15, 0.2) is 0 Å². The molecule has 0 bridgehead atoms. The van der Waals surface area contributed by atoms with Crippen LogP contribution in [0, 0.1) is 0 Å². The van der Waals surface area contributed by atoms with Crippen LogP contribution < -0.4 is 21.5 Å². The Hall–Kier alpha value is -2.08. The number of aliphatic imine (C=N–C) groups is 1. The fourth-order valence-electron chi connectivity index (χ4n) is 1.85. The molecule has 1 aliphatic rings. The number of nitrogens with one attached hydrogen (secondary N) is 2. The van der Waals surface area contributed by atoms with E-state index in [0.717, 1.165) is 11.4 Å². The summed E-state index contributed by atoms with van der Waals surface area (Å²) in [6, 6.07) is 7.64. The van der Waals surface area contributed by atoms with Crippen molar-refractivity contribution in [1.82, 2.24) is 5.43 Å². The topological polar surface area (TPSA) is 82.8 Å². The van der Waals surface area contributed by atoms with Crippen molar-refractivity contribution in [1.29, 1.82) is 0 Å². The molecule has 0 spiro atoms. The normalized spacial score (nSPS) is 15.4. The predicted molar refractivity (Wildman–Crippen MR) is 72.3 cm³/mol. The summed E-state index contributed by atoms with van der Waals surface area (Å²) in [7, 11) is 0. The molecule has 0 saturated heterocycles. The van der Waals surface area contributed by atoms with E-state index in [9.17, 15) is 4.79 Å². The first-order chi connectivity index (χ1) is 8.61. The van der Waals surface area contributed by atoms with Gasteiger partial charge in [0, 0.05) is 6.04 Å². The molecule has 2 rings (SSSR count). The monoisotopic (exact) mass is 247 g/mol. The molecule has 1 aromatic carbocycles. The quantitative estimate of drug-likeness (QED) is 0.295. The Labute approximate surface area is 106 Å². The van der Waals surface area contributed by atoms with Crippen LogP contribution in [0.2, 0.25) is 0 Å². The van der Waals surface area contributed by atoms with Crippen LogP contribution in [0.5, 0.6) is 0 Å². The number of carbonyl (C=O) groups excluding carboxylic acids is 1. The minimum absolute atomic E-state index is 0.0830. The molecule has 0 unspecified atom stereocenters. The van der Waals surface area contributed by atoms with Crippen LogP contribution in [-0.2, 0) is 4.79 Å². The first-order valence-corrected chi connectivity index (χ1v) is 5.82. The van der Waals surface area contributed by atoms with Crippen molar-refractivity contribution in [3.8, 4) is 0 Å². The van der Waals surface area contributed by atoms with E-state index in [0.29, 0.717) is 5.96 Å². The van der Waals surface area contributed by atoms with Crippen LogP contribution in [0.15, 0.2) is 29.3 Å². The number of hydrogen-bond acceptors (Lipinski definition) is 3. The van der Waals surface area contributed by atoms with Gasteiger partial charge in [-0.05, 0) is 26.0 Å². The lowest BCUT2D eigenvalue weighted by molar-refractivity contribution is -0.115. The molecule has 96 valence electrons. The van der Waals surface area contributed by atoms with Crippen molar-refractivity contribution in [3.63, 3.8) is 0 Å². The van der Waals surface area contributed by atoms with Gasteiger partial charge in [0.25, 0.3) is 0 Å². The lowest BCUT2D eigenvalue weighted by Gasteiger charge is -2.31. The Morgan fingerprint density at radius 2 is 2.22 bits per heavy atom. The standard InChI is InChI=1S/C12H17N5O/c1-8(2)14-12(16-13)17-7-11(18)15-9-5-3-4-6-10(9)17/h3-6,8H,7,13H2,1-2H3,(H,14,16)(H,15,18). The summed E-state index contributed by atoms with van der Waals surface area (Å²) in [5.74, 6) is 5.91. The third-order valence-electron chi connectivity index (χ3n) is 2.54. The largest absolute Gasteiger partial charge is 0.323 e. The van der Waals surface area contributed by atoms with E-state index < -0.39 is 0 Å². The maximum atomic E-state index is 11.7. The van der Waals surface area contributed by atoms with Crippen LogP contribution in [0.25, 0.3) is 0 Å². The molecule has 6 nitrogen and oxygen atoms in total. The van der Waals surface area contributed by atoms with Gasteiger partial charge in [-0.15, -0.1) is 0 Å². The Morgan fingerprint density at radius 3 is 2.89 bits per heavy atom. The fourth-order valence-corrected chi connectivity index (χ4v) is 1.85. The Morgan fingerprint density at radius 1 is 1.50 bits per heavy atom. The number of rotatable bonds is 1. The number of hydrazine groups is 1. The second-order valence-corrected chi connectivity index (χ2v) is 4.34. The molecule has 1 aliphatic heterocycles. The number of hydrogen-bond donors (Lipinski definition) is 3. The number of nitrogens with two attached hydrogens (primary N) is 1. The van der Waals surface area contributed by atoms with Gasteiger partial charge in [0.05, 0.1) is 11.4 Å². The van der Waals surface area contributed by atoms with Crippen LogP contribution >= 0.6 is 0 Å². The van der Waals surface area contributed by atoms with E-state index in [2.05, 4.69) is 15.7 Å². The van der Waals surface area contributed by atoms with Crippen LogP contribution in [0.3, 0.4) is 0 Å². The minimum Gasteiger partial charge on any atom is -0.323 e. The number of amides is 1. The highest BCUT2D eigenvalue weighted by atomic mass is 16.2. The van der Waals surface area contributed by atoms with Gasteiger partial charge in [-0.25, -0.2) is 10.8 Å². The van der Waals surface area contributed by atoms with Gasteiger partial charge in [0.2, 0.25) is 11.9 Å². The summed E-state index contributed by atoms with van der Waals surface area (Å²) < 4.78 is 0. The van der Waals surface area contributed by atoms with Crippen LogP contribution in [0.1, 0.15) is 13.8 Å². The highest BCUT2D eigenvalue weighted by Gasteiger charge is 2.24. The smallest absolute Gasteiger partial charge is 0.244 e. The van der Waals surface area contributed by atoms with E-state index in [-0.39, 0.29) is 18.5 Å². The fraction of sp³-hybridized carbons (Fsp3) is 0.333. The molecule has 0 aliphatic carbocycles. The van der Waals surface area contributed by atoms with Crippen molar-refractivity contribution in [2.45, 2.75) is 19.9 Å². The first-order valence-electron chi connectivity index (χ1n) is 5.82. The van der Waals surface area contributed by atoms with Gasteiger partial charge in [-0.1, -0.05) is 12.1 Å². The molecule has 0 atom stereocenters. The predicted octanol–water partition coefficient (Wildman–Crippen LogP) is 0.673. The Balaban J connectivity index is 2.42. The summed E-state index contributed by atoms with van der Waals surface area (Å²) in [4.78, 5) is 17.8. The second-order valence-electron chi connectivity index (χ2n) is 4.34. The van der Waals surface area contributed by atoms with Gasteiger partial charge in [0.1, 0.15) is 6.54 Å². The molecule has 1 aromatic rings. The minimum atomic E-state index is -0.0830. The maximum Gasteiger partial charge on any atom is 0.244 e. The third-order valence-corrected chi connectivity index (χ3v) is 2.54. The van der Waals surface area contributed by atoms with Crippen molar-refractivity contribution < 1.29 is 4.79 Å². The summed E-state index contributed by atoms with van der Waals surface area (Å²) >= 11 is 0. The Bertz CT molecular complexity index is 483. The SMILES string of the molecule is CC(C)N=C(NN)N1CC(=O)Nc2ccccc21. The van der Waals surface area contributed by atoms with E-state index in [1.165, 1.54) is 0 Å². The molecule has 0 fully saturated rings. The van der Waals surface area contributed by atoms with E-state index >= 15 is 0 Å². The van der Waals surface area contributed by atoms with Crippen molar-refractivity contribution in [2.24, 2.45) is 10.8 Å². The zero-order valence-electron chi connectivity index (χ0n) is 10.5. The lowest BCUT2D eigenvalue weighted by atomic mass is 10.2. The summed E-state index contributed by atoms with van der Waals surface area (Å²) in [6.45, 7) is 4.10. The maximum absolute atomic E-state index is 11.7. The number of nitrogens with zero attached hydrogens (tertiary/aromatic N) is 2. The first kappa shape index (κ1) is 12.4. The van der Waals surface area contributed by atoms with Gasteiger partial charge in [-0.3, -0.25) is 10.2 Å². The third kappa shape index (κ3) is 2.43. The molecule has 0 aromatic heterocycles. The van der Waals surface area contributed by atoms with Crippen molar-refractivity contribution in [3.05, 3.63) is 24.3 Å². The Kier molecular flexibility index (Phi) is 3.47. The van der Waals surface area contributed by atoms with E-state index in [1.807, 2.05) is 38.1 Å². The van der Waals surface area contributed by atoms with Gasteiger partial charge < -0.3 is 10.2 Å². The summed E-state index contributed by atoms with van der Waals surface area (Å²) in [5.41, 5.74) is 4.21. The molecular weight excluding hydrogens is 230 g/mol. The zero-order valence-corrected chi connectivity index (χ0v) is 10.5. The highest BCUT2D eigenvalue weighted by Crippen LogP contribution is 2.28. The molecule has 1 heterocycles. The number of para-hydroxylation sites is 2. The average Bonchev–Trinajstić information content (AvgIpc) is 2.34. The number of fused-ring (bicyclic) bond motifs is 1. The van der Waals surface area contributed by atoms with Gasteiger partial charge in [-0.2, -0.15) is 0 Å². The number of anilines is 2. The van der Waals surface area contributed by atoms with Crippen LogP contribution in [0.4, 0.5) is 11.4 Å². The number of carbonyl (C=O) groups is 1. The second kappa shape index (κ2) is 5.05. The van der Waals surface area contributed by atoms with Gasteiger partial charge >= 0.3 is 0 Å². The summed E-state index contributed by atoms with van der Waals surface area (Å²) in [5, 5.41) is 2.82. The van der Waals surface area contributed by atoms with Crippen molar-refractivity contribution in [2.75, 3.05) is 16.8 Å². The lowest BCUT2D eigenvalue weighted by Crippen LogP contribution is -2.50. The number of guanidine groups is 1. The molecule has 18 heavy (non-hydrogen) atoms. The van der Waals surface area contributed by atoms with E-state index in [1.54, 1.807) is 4.90 Å². The average molecular weight is 247 g/mol. The zero-order chi connectivity index (χ0) is 13.1. The highest BCUT2D eigenvalue weighted by molar-refractivity contribution is 6.10.